The maximum atomic E-state index is 13.5. The average Bonchev–Trinajstić information content (AvgIpc) is 2.66. The number of carbonyl (C=O) groups excluding carboxylic acids is 1. The number of hydrogen-bond acceptors (Lipinski definition) is 6. The molecule has 2 aromatic rings. The number of anilines is 2. The molecule has 156 valence electrons. The van der Waals surface area contributed by atoms with Gasteiger partial charge in [0.05, 0.1) is 11.2 Å². The molecule has 0 atom stereocenters. The molecule has 3 N–H and O–H groups in total. The number of aliphatic hydroxyl groups is 1. The van der Waals surface area contributed by atoms with Gasteiger partial charge < -0.3 is 20.5 Å². The molecule has 1 aliphatic heterocycles. The summed E-state index contributed by atoms with van der Waals surface area (Å²) in [6.07, 6.45) is -3.53. The van der Waals surface area contributed by atoms with E-state index in [4.69, 9.17) is 16.3 Å². The van der Waals surface area contributed by atoms with Gasteiger partial charge in [0.15, 0.2) is 5.69 Å². The van der Waals surface area contributed by atoms with Crippen molar-refractivity contribution in [2.45, 2.75) is 24.6 Å². The van der Waals surface area contributed by atoms with E-state index in [1.165, 1.54) is 6.07 Å². The summed E-state index contributed by atoms with van der Waals surface area (Å²) in [6.45, 7) is 0.426. The number of carbonyl (C=O) groups is 1. The molecule has 1 amide bonds. The van der Waals surface area contributed by atoms with E-state index in [1.807, 2.05) is 0 Å². The van der Waals surface area contributed by atoms with Gasteiger partial charge in [-0.1, -0.05) is 17.7 Å². The molecule has 0 spiro atoms. The first-order valence-corrected chi connectivity index (χ1v) is 9.09. The van der Waals surface area contributed by atoms with Gasteiger partial charge in [-0.15, -0.1) is 0 Å². The molecule has 7 nitrogen and oxygen atoms in total. The Morgan fingerprint density at radius 2 is 2.03 bits per heavy atom. The van der Waals surface area contributed by atoms with Crippen LogP contribution in [0.4, 0.5) is 24.8 Å². The van der Waals surface area contributed by atoms with E-state index in [9.17, 15) is 23.1 Å². The Kier molecular flexibility index (Phi) is 6.25. The number of halogens is 4. The van der Waals surface area contributed by atoms with E-state index in [2.05, 4.69) is 20.6 Å². The van der Waals surface area contributed by atoms with Crippen molar-refractivity contribution in [3.8, 4) is 0 Å². The van der Waals surface area contributed by atoms with Crippen LogP contribution in [0.25, 0.3) is 0 Å². The smallest absolute Gasteiger partial charge is 0.388 e. The fraction of sp³-hybridized carbons (Fsp3) is 0.389. The molecular weight excluding hydrogens is 413 g/mol. The van der Waals surface area contributed by atoms with Crippen LogP contribution >= 0.6 is 11.6 Å². The number of hydrogen-bond donors (Lipinski definition) is 3. The zero-order valence-corrected chi connectivity index (χ0v) is 15.8. The second-order valence-corrected chi connectivity index (χ2v) is 7.04. The van der Waals surface area contributed by atoms with E-state index >= 15 is 0 Å². The molecule has 0 aliphatic carbocycles. The lowest BCUT2D eigenvalue weighted by atomic mass is 9.94. The molecule has 2 heterocycles. The highest BCUT2D eigenvalue weighted by atomic mass is 35.5. The Morgan fingerprint density at radius 1 is 1.31 bits per heavy atom. The summed E-state index contributed by atoms with van der Waals surface area (Å²) in [5.41, 5.74) is -2.94. The van der Waals surface area contributed by atoms with Gasteiger partial charge in [0, 0.05) is 49.5 Å². The predicted molar refractivity (Wildman–Crippen MR) is 99.1 cm³/mol. The Balaban J connectivity index is 1.79. The molecule has 0 unspecified atom stereocenters. The van der Waals surface area contributed by atoms with Crippen molar-refractivity contribution in [1.29, 1.82) is 0 Å². The van der Waals surface area contributed by atoms with Crippen molar-refractivity contribution in [2.75, 3.05) is 25.1 Å². The van der Waals surface area contributed by atoms with Crippen molar-refractivity contribution < 1.29 is 27.8 Å². The van der Waals surface area contributed by atoms with Crippen molar-refractivity contribution >= 4 is 29.1 Å². The van der Waals surface area contributed by atoms with Crippen LogP contribution in [-0.4, -0.2) is 46.3 Å². The van der Waals surface area contributed by atoms with E-state index < -0.39 is 28.9 Å². The van der Waals surface area contributed by atoms with E-state index in [-0.39, 0.29) is 25.3 Å². The van der Waals surface area contributed by atoms with Gasteiger partial charge in [-0.25, -0.2) is 9.97 Å². The van der Waals surface area contributed by atoms with Crippen LogP contribution in [0.5, 0.6) is 0 Å². The summed E-state index contributed by atoms with van der Waals surface area (Å²) in [7, 11) is 0. The Morgan fingerprint density at radius 3 is 2.69 bits per heavy atom. The van der Waals surface area contributed by atoms with Gasteiger partial charge in [-0.05, 0) is 18.2 Å². The average molecular weight is 431 g/mol. The molecule has 1 saturated heterocycles. The number of nitrogens with one attached hydrogen (secondary N) is 2. The van der Waals surface area contributed by atoms with Gasteiger partial charge in [0.1, 0.15) is 0 Å². The third-order valence-corrected chi connectivity index (χ3v) is 4.62. The summed E-state index contributed by atoms with van der Waals surface area (Å²) >= 11 is 5.85. The maximum absolute atomic E-state index is 13.5. The number of nitrogens with zero attached hydrogens (tertiary/aromatic N) is 2. The highest BCUT2D eigenvalue weighted by Crippen LogP contribution is 2.31. The number of ether oxygens (including phenoxy) is 1. The lowest BCUT2D eigenvalue weighted by Gasteiger charge is -2.32. The predicted octanol–water partition coefficient (Wildman–Crippen LogP) is 3.16. The standard InChI is InChI=1S/C18H18ClF3N4O3/c19-11-2-1-3-12(8-11)25-16-23-9-13(14(26-16)18(20,21)22)15(27)24-10-17(28)4-6-29-7-5-17/h1-3,8-9,28H,4-7,10H2,(H,24,27)(H,23,25,26). The summed E-state index contributed by atoms with van der Waals surface area (Å²) < 4.78 is 45.6. The van der Waals surface area contributed by atoms with Crippen LogP contribution in [0.15, 0.2) is 30.5 Å². The van der Waals surface area contributed by atoms with Crippen LogP contribution in [0.1, 0.15) is 28.9 Å². The van der Waals surface area contributed by atoms with E-state index in [0.29, 0.717) is 23.9 Å². The SMILES string of the molecule is O=C(NCC1(O)CCOCC1)c1cnc(Nc2cccc(Cl)c2)nc1C(F)(F)F. The lowest BCUT2D eigenvalue weighted by molar-refractivity contribution is -0.141. The largest absolute Gasteiger partial charge is 0.434 e. The van der Waals surface area contributed by atoms with Gasteiger partial charge in [0.2, 0.25) is 5.95 Å². The number of amides is 1. The highest BCUT2D eigenvalue weighted by molar-refractivity contribution is 6.30. The number of alkyl halides is 3. The minimum Gasteiger partial charge on any atom is -0.388 e. The van der Waals surface area contributed by atoms with Gasteiger partial charge >= 0.3 is 6.18 Å². The zero-order valence-electron chi connectivity index (χ0n) is 15.1. The van der Waals surface area contributed by atoms with Crippen molar-refractivity contribution in [2.24, 2.45) is 0 Å². The fourth-order valence-corrected chi connectivity index (χ4v) is 2.98. The normalized spacial score (nSPS) is 16.3. The zero-order chi connectivity index (χ0) is 21.1. The monoisotopic (exact) mass is 430 g/mol. The summed E-state index contributed by atoms with van der Waals surface area (Å²) in [4.78, 5) is 19.6. The number of rotatable bonds is 5. The van der Waals surface area contributed by atoms with Crippen molar-refractivity contribution in [3.05, 3.63) is 46.7 Å². The molecule has 11 heteroatoms. The Hall–Kier alpha value is -2.43. The molecule has 0 radical (unpaired) electrons. The summed E-state index contributed by atoms with van der Waals surface area (Å²) in [5.74, 6) is -1.36. The molecule has 1 aliphatic rings. The fourth-order valence-electron chi connectivity index (χ4n) is 2.79. The van der Waals surface area contributed by atoms with Gasteiger partial charge in [0.25, 0.3) is 5.91 Å². The summed E-state index contributed by atoms with van der Waals surface area (Å²) in [5, 5.41) is 15.7. The first-order valence-electron chi connectivity index (χ1n) is 8.71. The summed E-state index contributed by atoms with van der Waals surface area (Å²) in [6, 6.07) is 6.29. The maximum Gasteiger partial charge on any atom is 0.434 e. The van der Waals surface area contributed by atoms with Crippen LogP contribution in [-0.2, 0) is 10.9 Å². The number of aromatic nitrogens is 2. The van der Waals surface area contributed by atoms with Crippen LogP contribution in [0, 0.1) is 0 Å². The van der Waals surface area contributed by atoms with Crippen molar-refractivity contribution in [3.63, 3.8) is 0 Å². The second kappa shape index (κ2) is 8.52. The molecule has 0 saturated carbocycles. The molecule has 29 heavy (non-hydrogen) atoms. The van der Waals surface area contributed by atoms with Crippen molar-refractivity contribution in [1.82, 2.24) is 15.3 Å². The number of benzene rings is 1. The van der Waals surface area contributed by atoms with Gasteiger partial charge in [-0.3, -0.25) is 4.79 Å². The minimum atomic E-state index is -4.88. The molecule has 1 fully saturated rings. The highest BCUT2D eigenvalue weighted by Gasteiger charge is 2.39. The topological polar surface area (TPSA) is 96.4 Å². The Labute approximate surface area is 169 Å². The van der Waals surface area contributed by atoms with Gasteiger partial charge in [-0.2, -0.15) is 13.2 Å². The molecule has 3 rings (SSSR count). The first-order chi connectivity index (χ1) is 13.7. The van der Waals surface area contributed by atoms with Crippen LogP contribution < -0.4 is 10.6 Å². The third kappa shape index (κ3) is 5.55. The minimum absolute atomic E-state index is 0.199. The quantitative estimate of drug-likeness (QED) is 0.674. The molecular formula is C18H18ClF3N4O3. The Bertz CT molecular complexity index is 889. The molecule has 1 aromatic heterocycles. The third-order valence-electron chi connectivity index (χ3n) is 4.38. The second-order valence-electron chi connectivity index (χ2n) is 6.61. The van der Waals surface area contributed by atoms with E-state index in [1.54, 1.807) is 18.2 Å². The van der Waals surface area contributed by atoms with Crippen LogP contribution in [0.2, 0.25) is 5.02 Å². The lowest BCUT2D eigenvalue weighted by Crippen LogP contribution is -2.46. The molecule has 0 bridgehead atoms. The first kappa shape index (κ1) is 21.3. The molecule has 1 aromatic carbocycles. The van der Waals surface area contributed by atoms with Crippen LogP contribution in [0.3, 0.4) is 0 Å². The van der Waals surface area contributed by atoms with E-state index in [0.717, 1.165) is 6.20 Å².